The third-order valence-corrected chi connectivity index (χ3v) is 3.94. The van der Waals surface area contributed by atoms with Gasteiger partial charge in [0.2, 0.25) is 0 Å². The Kier molecular flexibility index (Phi) is 4.71. The number of nitrogens with zero attached hydrogens (tertiary/aromatic N) is 1. The molecule has 0 unspecified atom stereocenters. The maximum atomic E-state index is 11.7. The van der Waals surface area contributed by atoms with Crippen LogP contribution in [0.15, 0.2) is 27.1 Å². The lowest BCUT2D eigenvalue weighted by Gasteiger charge is -2.12. The molecule has 2 nitrogen and oxygen atoms in total. The molecule has 0 amide bonds. The Labute approximate surface area is 112 Å². The van der Waals surface area contributed by atoms with E-state index < -0.39 is 11.0 Å². The summed E-state index contributed by atoms with van der Waals surface area (Å²) in [6.45, 7) is 5.64. The molecule has 0 N–H and O–H groups in total. The van der Waals surface area contributed by atoms with E-state index in [1.807, 2.05) is 32.9 Å². The number of rotatable bonds is 2. The SMILES string of the molecule is CC(C)(C)[S@](=O)/N=C/c1ccc(Br)cc1Cl. The number of benzene rings is 1. The van der Waals surface area contributed by atoms with E-state index in [-0.39, 0.29) is 4.75 Å². The van der Waals surface area contributed by atoms with E-state index in [1.165, 1.54) is 0 Å². The lowest BCUT2D eigenvalue weighted by molar-refractivity contribution is 0.651. The fourth-order valence-electron chi connectivity index (χ4n) is 0.869. The molecule has 0 aliphatic rings. The lowest BCUT2D eigenvalue weighted by Crippen LogP contribution is -2.19. The van der Waals surface area contributed by atoms with Crippen LogP contribution in [0, 0.1) is 0 Å². The van der Waals surface area contributed by atoms with E-state index in [0.717, 1.165) is 10.0 Å². The first kappa shape index (κ1) is 13.9. The fourth-order valence-corrected chi connectivity index (χ4v) is 2.12. The van der Waals surface area contributed by atoms with Crippen LogP contribution >= 0.6 is 27.5 Å². The molecule has 88 valence electrons. The van der Waals surface area contributed by atoms with Crippen LogP contribution in [0.2, 0.25) is 5.02 Å². The molecule has 0 heterocycles. The van der Waals surface area contributed by atoms with E-state index in [0.29, 0.717) is 5.02 Å². The van der Waals surface area contributed by atoms with Crippen LogP contribution in [0.25, 0.3) is 0 Å². The van der Waals surface area contributed by atoms with Crippen LogP contribution in [-0.2, 0) is 11.0 Å². The van der Waals surface area contributed by atoms with Gasteiger partial charge in [-0.05, 0) is 32.9 Å². The maximum absolute atomic E-state index is 11.7. The molecule has 1 rings (SSSR count). The number of hydrogen-bond donors (Lipinski definition) is 0. The normalized spacial score (nSPS) is 14.3. The predicted octanol–water partition coefficient (Wildman–Crippen LogP) is 3.98. The highest BCUT2D eigenvalue weighted by molar-refractivity contribution is 9.10. The van der Waals surface area contributed by atoms with Gasteiger partial charge < -0.3 is 0 Å². The fraction of sp³-hybridized carbons (Fsp3) is 0.364. The van der Waals surface area contributed by atoms with Crippen molar-refractivity contribution in [2.45, 2.75) is 25.5 Å². The Morgan fingerprint density at radius 2 is 2.06 bits per heavy atom. The molecule has 1 aromatic carbocycles. The smallest absolute Gasteiger partial charge is 0.144 e. The molecule has 0 aromatic heterocycles. The summed E-state index contributed by atoms with van der Waals surface area (Å²) in [6, 6.07) is 5.48. The van der Waals surface area contributed by atoms with Gasteiger partial charge in [0, 0.05) is 16.3 Å². The number of halogens is 2. The Bertz CT molecular complexity index is 440. The molecule has 0 fully saturated rings. The van der Waals surface area contributed by atoms with E-state index in [4.69, 9.17) is 11.6 Å². The third-order valence-electron chi connectivity index (χ3n) is 1.77. The molecule has 0 saturated heterocycles. The lowest BCUT2D eigenvalue weighted by atomic mass is 10.2. The second-order valence-corrected chi connectivity index (χ2v) is 7.52. The van der Waals surface area contributed by atoms with Gasteiger partial charge >= 0.3 is 0 Å². The van der Waals surface area contributed by atoms with Gasteiger partial charge in [0.25, 0.3) is 0 Å². The van der Waals surface area contributed by atoms with Crippen LogP contribution in [-0.4, -0.2) is 15.2 Å². The number of hydrogen-bond acceptors (Lipinski definition) is 1. The van der Waals surface area contributed by atoms with Crippen molar-refractivity contribution < 1.29 is 4.21 Å². The average molecular weight is 323 g/mol. The van der Waals surface area contributed by atoms with Gasteiger partial charge in [-0.2, -0.15) is 4.40 Å². The summed E-state index contributed by atoms with van der Waals surface area (Å²) in [5, 5.41) is 0.587. The zero-order valence-electron chi connectivity index (χ0n) is 9.33. The molecule has 0 spiro atoms. The first-order valence-corrected chi connectivity index (χ1v) is 6.99. The van der Waals surface area contributed by atoms with E-state index in [9.17, 15) is 4.21 Å². The highest BCUT2D eigenvalue weighted by atomic mass is 79.9. The Morgan fingerprint density at radius 3 is 2.56 bits per heavy atom. The summed E-state index contributed by atoms with van der Waals surface area (Å²) in [5.74, 6) is 0. The zero-order chi connectivity index (χ0) is 12.3. The van der Waals surface area contributed by atoms with Crippen molar-refractivity contribution in [2.24, 2.45) is 4.40 Å². The molecule has 0 saturated carbocycles. The summed E-state index contributed by atoms with van der Waals surface area (Å²) in [7, 11) is -1.25. The Hall–Kier alpha value is -0.190. The van der Waals surface area contributed by atoms with Gasteiger partial charge in [-0.1, -0.05) is 33.6 Å². The predicted molar refractivity (Wildman–Crippen MR) is 74.6 cm³/mol. The molecular weight excluding hydrogens is 310 g/mol. The maximum Gasteiger partial charge on any atom is 0.144 e. The van der Waals surface area contributed by atoms with Crippen molar-refractivity contribution in [3.8, 4) is 0 Å². The minimum absolute atomic E-state index is 0.349. The summed E-state index contributed by atoms with van der Waals surface area (Å²) in [4.78, 5) is 0. The van der Waals surface area contributed by atoms with Crippen LogP contribution in [0.4, 0.5) is 0 Å². The Balaban J connectivity index is 2.89. The van der Waals surface area contributed by atoms with Crippen LogP contribution in [0.5, 0.6) is 0 Å². The molecule has 0 bridgehead atoms. The van der Waals surface area contributed by atoms with E-state index in [1.54, 1.807) is 12.3 Å². The minimum atomic E-state index is -1.25. The van der Waals surface area contributed by atoms with Crippen molar-refractivity contribution in [3.05, 3.63) is 33.3 Å². The molecule has 1 aromatic rings. The molecule has 5 heteroatoms. The second-order valence-electron chi connectivity index (χ2n) is 4.26. The van der Waals surface area contributed by atoms with Crippen LogP contribution < -0.4 is 0 Å². The van der Waals surface area contributed by atoms with Crippen molar-refractivity contribution in [3.63, 3.8) is 0 Å². The van der Waals surface area contributed by atoms with Gasteiger partial charge in [-0.25, -0.2) is 4.21 Å². The first-order chi connectivity index (χ1) is 7.30. The summed E-state index contributed by atoms with van der Waals surface area (Å²) >= 11 is 9.33. The van der Waals surface area contributed by atoms with Crippen LogP contribution in [0.1, 0.15) is 26.3 Å². The van der Waals surface area contributed by atoms with Crippen LogP contribution in [0.3, 0.4) is 0 Å². The summed E-state index contributed by atoms with van der Waals surface area (Å²) in [5.41, 5.74) is 0.766. The molecule has 1 atom stereocenters. The molecule has 0 aliphatic carbocycles. The highest BCUT2D eigenvalue weighted by Gasteiger charge is 2.18. The van der Waals surface area contributed by atoms with Crippen molar-refractivity contribution in [1.29, 1.82) is 0 Å². The third kappa shape index (κ3) is 4.00. The molecule has 16 heavy (non-hydrogen) atoms. The first-order valence-electron chi connectivity index (χ1n) is 4.72. The van der Waals surface area contributed by atoms with Gasteiger partial charge in [0.15, 0.2) is 0 Å². The summed E-state index contributed by atoms with van der Waals surface area (Å²) in [6.07, 6.45) is 1.55. The van der Waals surface area contributed by atoms with Crippen molar-refractivity contribution in [1.82, 2.24) is 0 Å². The Morgan fingerprint density at radius 1 is 1.44 bits per heavy atom. The molecule has 0 radical (unpaired) electrons. The highest BCUT2D eigenvalue weighted by Crippen LogP contribution is 2.20. The quantitative estimate of drug-likeness (QED) is 0.757. The largest absolute Gasteiger partial charge is 0.234 e. The summed E-state index contributed by atoms with van der Waals surface area (Å²) < 4.78 is 16.2. The van der Waals surface area contributed by atoms with Gasteiger partial charge in [0.05, 0.1) is 9.77 Å². The van der Waals surface area contributed by atoms with E-state index in [2.05, 4.69) is 20.3 Å². The van der Waals surface area contributed by atoms with E-state index >= 15 is 0 Å². The minimum Gasteiger partial charge on any atom is -0.234 e. The molecule has 0 aliphatic heterocycles. The second kappa shape index (κ2) is 5.43. The van der Waals surface area contributed by atoms with Crippen molar-refractivity contribution >= 4 is 44.7 Å². The monoisotopic (exact) mass is 321 g/mol. The standard InChI is InChI=1S/C11H13BrClNOS/c1-11(2,3)16(15)14-7-8-4-5-9(12)6-10(8)13/h4-7H,1-3H3/b14-7+/t16-/m0/s1. The van der Waals surface area contributed by atoms with Gasteiger partial charge in [-0.15, -0.1) is 0 Å². The average Bonchev–Trinajstić information content (AvgIpc) is 2.14. The molecular formula is C11H13BrClNOS. The van der Waals surface area contributed by atoms with Gasteiger partial charge in [-0.3, -0.25) is 0 Å². The topological polar surface area (TPSA) is 29.4 Å². The zero-order valence-corrected chi connectivity index (χ0v) is 12.5. The van der Waals surface area contributed by atoms with Crippen molar-refractivity contribution in [2.75, 3.05) is 0 Å². The van der Waals surface area contributed by atoms with Gasteiger partial charge in [0.1, 0.15) is 11.0 Å².